The van der Waals surface area contributed by atoms with E-state index in [1.54, 1.807) is 4.80 Å². The van der Waals surface area contributed by atoms with Crippen LogP contribution in [0.1, 0.15) is 47.3 Å². The topological polar surface area (TPSA) is 43.6 Å². The molecule has 0 aliphatic heterocycles. The minimum Gasteiger partial charge on any atom is -0.144 e. The predicted molar refractivity (Wildman–Crippen MR) is 131 cm³/mol. The molecule has 1 atom stereocenters. The molecule has 0 bridgehead atoms. The molecule has 4 aromatic carbocycles. The normalized spacial score (nSPS) is 12.4. The summed E-state index contributed by atoms with van der Waals surface area (Å²) in [5, 5.41) is 14.3. The highest BCUT2D eigenvalue weighted by Gasteiger charge is 2.41. The van der Waals surface area contributed by atoms with Gasteiger partial charge in [0.2, 0.25) is 0 Å². The van der Waals surface area contributed by atoms with Gasteiger partial charge >= 0.3 is 0 Å². The number of benzene rings is 4. The lowest BCUT2D eigenvalue weighted by molar-refractivity contribution is 0.393. The molecule has 0 saturated carbocycles. The number of tetrazole rings is 1. The molecule has 5 rings (SSSR count). The lowest BCUT2D eigenvalue weighted by Gasteiger charge is -2.34. The molecule has 4 heteroatoms. The lowest BCUT2D eigenvalue weighted by Crippen LogP contribution is -2.39. The Morgan fingerprint density at radius 2 is 1.06 bits per heavy atom. The second kappa shape index (κ2) is 9.21. The summed E-state index contributed by atoms with van der Waals surface area (Å²) in [5.41, 5.74) is 3.70. The van der Waals surface area contributed by atoms with Crippen LogP contribution in [0.2, 0.25) is 0 Å². The third-order valence-electron chi connectivity index (χ3n) is 6.23. The van der Waals surface area contributed by atoms with Gasteiger partial charge in [-0.1, -0.05) is 128 Å². The molecule has 0 fully saturated rings. The van der Waals surface area contributed by atoms with Crippen LogP contribution in [-0.2, 0) is 5.54 Å². The van der Waals surface area contributed by atoms with Crippen LogP contribution in [0, 0.1) is 0 Å². The van der Waals surface area contributed by atoms with Crippen LogP contribution >= 0.6 is 0 Å². The van der Waals surface area contributed by atoms with Gasteiger partial charge in [-0.25, -0.2) is 0 Å². The fourth-order valence-electron chi connectivity index (χ4n) is 4.64. The third-order valence-corrected chi connectivity index (χ3v) is 6.23. The molecule has 0 amide bonds. The summed E-state index contributed by atoms with van der Waals surface area (Å²) in [7, 11) is 0. The van der Waals surface area contributed by atoms with E-state index < -0.39 is 5.54 Å². The van der Waals surface area contributed by atoms with Gasteiger partial charge in [-0.3, -0.25) is 0 Å². The fraction of sp³-hybridized carbons (Fsp3) is 0.138. The zero-order valence-electron chi connectivity index (χ0n) is 18.6. The van der Waals surface area contributed by atoms with E-state index in [1.807, 2.05) is 24.3 Å². The Morgan fingerprint density at radius 3 is 1.48 bits per heavy atom. The Bertz CT molecular complexity index is 1190. The molecule has 0 aliphatic carbocycles. The molecule has 1 heterocycles. The van der Waals surface area contributed by atoms with Gasteiger partial charge in [0.25, 0.3) is 0 Å². The number of hydrogen-bond donors (Lipinski definition) is 0. The van der Waals surface area contributed by atoms with Crippen molar-refractivity contribution in [3.8, 4) is 0 Å². The zero-order valence-corrected chi connectivity index (χ0v) is 18.6. The average molecular weight is 431 g/mol. The van der Waals surface area contributed by atoms with Crippen LogP contribution in [0.25, 0.3) is 0 Å². The molecule has 0 N–H and O–H groups in total. The second-order valence-corrected chi connectivity index (χ2v) is 8.12. The summed E-state index contributed by atoms with van der Waals surface area (Å²) in [4.78, 5) is 1.80. The molecule has 5 aromatic rings. The minimum atomic E-state index is -0.746. The smallest absolute Gasteiger partial charge is 0.144 e. The van der Waals surface area contributed by atoms with E-state index in [1.165, 1.54) is 5.56 Å². The van der Waals surface area contributed by atoms with Crippen LogP contribution in [0.3, 0.4) is 0 Å². The summed E-state index contributed by atoms with van der Waals surface area (Å²) in [6, 6.07) is 41.7. The largest absolute Gasteiger partial charge is 0.182 e. The maximum absolute atomic E-state index is 5.05. The Hall–Kier alpha value is -4.05. The highest BCUT2D eigenvalue weighted by atomic mass is 15.6. The van der Waals surface area contributed by atoms with E-state index in [0.29, 0.717) is 0 Å². The van der Waals surface area contributed by atoms with Crippen LogP contribution < -0.4 is 0 Å². The number of rotatable bonds is 7. The van der Waals surface area contributed by atoms with Crippen LogP contribution in [-0.4, -0.2) is 20.2 Å². The van der Waals surface area contributed by atoms with Crippen LogP contribution in [0.5, 0.6) is 0 Å². The molecule has 0 aliphatic rings. The summed E-state index contributed by atoms with van der Waals surface area (Å²) < 4.78 is 0. The zero-order chi connectivity index (χ0) is 22.5. The standard InChI is InChI=1S/C29H26N4/c1-2-27(23-15-7-3-8-16-23)28-30-32-33(31-28)29(24-17-9-4-10-18-24,25-19-11-5-12-20-25)26-21-13-6-14-22-26/h3-22,27H,2H2,1H3. The summed E-state index contributed by atoms with van der Waals surface area (Å²) in [5.74, 6) is 0.816. The van der Waals surface area contributed by atoms with Crippen molar-refractivity contribution in [3.63, 3.8) is 0 Å². The first-order valence-electron chi connectivity index (χ1n) is 11.4. The van der Waals surface area contributed by atoms with Crippen LogP contribution in [0.15, 0.2) is 121 Å². The van der Waals surface area contributed by atoms with E-state index in [-0.39, 0.29) is 5.92 Å². The van der Waals surface area contributed by atoms with Crippen molar-refractivity contribution in [2.75, 3.05) is 0 Å². The van der Waals surface area contributed by atoms with Crippen molar-refractivity contribution in [2.45, 2.75) is 24.8 Å². The summed E-state index contributed by atoms with van der Waals surface area (Å²) >= 11 is 0. The van der Waals surface area contributed by atoms with E-state index >= 15 is 0 Å². The second-order valence-electron chi connectivity index (χ2n) is 8.12. The SMILES string of the molecule is CCC(c1ccccc1)c1nnn(C(c2ccccc2)(c2ccccc2)c2ccccc2)n1. The number of aromatic nitrogens is 4. The van der Waals surface area contributed by atoms with E-state index in [0.717, 1.165) is 28.9 Å². The van der Waals surface area contributed by atoms with E-state index in [4.69, 9.17) is 5.10 Å². The number of hydrogen-bond acceptors (Lipinski definition) is 3. The molecule has 4 nitrogen and oxygen atoms in total. The van der Waals surface area contributed by atoms with Gasteiger partial charge in [0.15, 0.2) is 11.4 Å². The van der Waals surface area contributed by atoms with Crippen molar-refractivity contribution < 1.29 is 0 Å². The van der Waals surface area contributed by atoms with Gasteiger partial charge in [-0.05, 0) is 33.9 Å². The van der Waals surface area contributed by atoms with Gasteiger partial charge in [0, 0.05) is 5.92 Å². The van der Waals surface area contributed by atoms with Gasteiger partial charge in [-0.2, -0.15) is 0 Å². The Morgan fingerprint density at radius 1 is 0.636 bits per heavy atom. The van der Waals surface area contributed by atoms with Crippen molar-refractivity contribution in [1.29, 1.82) is 0 Å². The first-order valence-corrected chi connectivity index (χ1v) is 11.4. The van der Waals surface area contributed by atoms with Gasteiger partial charge in [-0.15, -0.1) is 15.0 Å². The lowest BCUT2D eigenvalue weighted by atomic mass is 9.77. The van der Waals surface area contributed by atoms with Gasteiger partial charge < -0.3 is 0 Å². The highest BCUT2D eigenvalue weighted by molar-refractivity contribution is 5.49. The fourth-order valence-corrected chi connectivity index (χ4v) is 4.64. The summed E-state index contributed by atoms with van der Waals surface area (Å²) in [6.45, 7) is 2.16. The maximum atomic E-state index is 5.05. The van der Waals surface area contributed by atoms with Crippen molar-refractivity contribution in [1.82, 2.24) is 20.2 Å². The number of nitrogens with zero attached hydrogens (tertiary/aromatic N) is 4. The van der Waals surface area contributed by atoms with Crippen LogP contribution in [0.4, 0.5) is 0 Å². The van der Waals surface area contributed by atoms with Gasteiger partial charge in [0.1, 0.15) is 0 Å². The van der Waals surface area contributed by atoms with Crippen molar-refractivity contribution >= 4 is 0 Å². The molecule has 1 aromatic heterocycles. The molecular formula is C29H26N4. The molecule has 0 saturated heterocycles. The Balaban J connectivity index is 1.76. The average Bonchev–Trinajstić information content (AvgIpc) is 3.38. The third kappa shape index (κ3) is 3.74. The van der Waals surface area contributed by atoms with E-state index in [9.17, 15) is 0 Å². The Kier molecular flexibility index (Phi) is 5.81. The highest BCUT2D eigenvalue weighted by Crippen LogP contribution is 2.40. The van der Waals surface area contributed by atoms with Crippen molar-refractivity contribution in [2.24, 2.45) is 0 Å². The first-order chi connectivity index (χ1) is 16.3. The Labute approximate surface area is 194 Å². The molecule has 0 spiro atoms. The van der Waals surface area contributed by atoms with Gasteiger partial charge in [0.05, 0.1) is 0 Å². The minimum absolute atomic E-state index is 0.0833. The quantitative estimate of drug-likeness (QED) is 0.295. The molecule has 33 heavy (non-hydrogen) atoms. The molecule has 0 radical (unpaired) electrons. The van der Waals surface area contributed by atoms with Crippen molar-refractivity contribution in [3.05, 3.63) is 149 Å². The monoisotopic (exact) mass is 430 g/mol. The maximum Gasteiger partial charge on any atom is 0.182 e. The van der Waals surface area contributed by atoms with E-state index in [2.05, 4.69) is 114 Å². The molecule has 162 valence electrons. The molecule has 1 unspecified atom stereocenters. The molecular weight excluding hydrogens is 404 g/mol. The first kappa shape index (κ1) is 20.8. The summed E-state index contributed by atoms with van der Waals surface area (Å²) in [6.07, 6.45) is 0.894. The predicted octanol–water partition coefficient (Wildman–Crippen LogP) is 6.06.